The second-order valence-corrected chi connectivity index (χ2v) is 13.6. The van der Waals surface area contributed by atoms with Crippen LogP contribution in [0.1, 0.15) is 22.2 Å². The van der Waals surface area contributed by atoms with Crippen molar-refractivity contribution in [3.05, 3.63) is 65.7 Å². The highest BCUT2D eigenvalue weighted by molar-refractivity contribution is 6.88. The van der Waals surface area contributed by atoms with Crippen LogP contribution in [0.4, 0.5) is 10.1 Å². The number of carbonyl (C=O) groups is 2. The molecule has 0 aliphatic heterocycles. The lowest BCUT2D eigenvalue weighted by Crippen LogP contribution is -2.40. The van der Waals surface area contributed by atoms with Crippen LogP contribution in [0.5, 0.6) is 11.6 Å². The summed E-state index contributed by atoms with van der Waals surface area (Å²) < 4.78 is 24.7. The zero-order chi connectivity index (χ0) is 24.3. The van der Waals surface area contributed by atoms with Gasteiger partial charge in [0.05, 0.1) is 21.3 Å². The lowest BCUT2D eigenvalue weighted by molar-refractivity contribution is -0.120. The van der Waals surface area contributed by atoms with Crippen molar-refractivity contribution in [1.82, 2.24) is 10.1 Å². The zero-order valence-corrected chi connectivity index (χ0v) is 20.0. The third kappa shape index (κ3) is 5.40. The third-order valence-electron chi connectivity index (χ3n) is 5.14. The third-order valence-corrected chi connectivity index (χ3v) is 7.16. The van der Waals surface area contributed by atoms with Gasteiger partial charge in [-0.3, -0.25) is 9.59 Å². The Morgan fingerprint density at radius 3 is 2.33 bits per heavy atom. The molecular weight excluding hydrogens is 445 g/mol. The molecule has 0 spiro atoms. The Labute approximate surface area is 192 Å². The number of nitrogens with zero attached hydrogens (tertiary/aromatic N) is 2. The van der Waals surface area contributed by atoms with Gasteiger partial charge >= 0.3 is 0 Å². The fraction of sp³-hybridized carbons (Fsp3) is 0.261. The van der Waals surface area contributed by atoms with E-state index in [4.69, 9.17) is 9.26 Å². The minimum atomic E-state index is -1.88. The molecule has 1 atom stereocenters. The Bertz CT molecular complexity index is 1160. The van der Waals surface area contributed by atoms with Crippen molar-refractivity contribution in [2.45, 2.75) is 25.7 Å². The van der Waals surface area contributed by atoms with Crippen molar-refractivity contribution in [1.29, 1.82) is 0 Å². The second-order valence-electron chi connectivity index (χ2n) is 8.57. The maximum Gasteiger partial charge on any atom is 0.293 e. The maximum absolute atomic E-state index is 14.7. The number of anilines is 1. The van der Waals surface area contributed by atoms with Crippen LogP contribution in [0.2, 0.25) is 19.6 Å². The molecule has 8 nitrogen and oxygen atoms in total. The molecule has 3 rings (SSSR count). The van der Waals surface area contributed by atoms with Crippen LogP contribution in [0.25, 0.3) is 0 Å². The van der Waals surface area contributed by atoms with Gasteiger partial charge in [0.2, 0.25) is 5.76 Å². The molecule has 1 unspecified atom stereocenters. The smallest absolute Gasteiger partial charge is 0.293 e. The van der Waals surface area contributed by atoms with Crippen molar-refractivity contribution in [2.75, 3.05) is 19.5 Å². The lowest BCUT2D eigenvalue weighted by atomic mass is 10.0. The number of aromatic hydroxyl groups is 1. The Balaban J connectivity index is 1.93. The highest BCUT2D eigenvalue weighted by atomic mass is 28.3. The molecule has 0 fully saturated rings. The summed E-state index contributed by atoms with van der Waals surface area (Å²) >= 11 is 0. The summed E-state index contributed by atoms with van der Waals surface area (Å²) in [6, 6.07) is 11.2. The minimum absolute atomic E-state index is 0.230. The average molecular weight is 472 g/mol. The number of methoxy groups -OCH3 is 1. The van der Waals surface area contributed by atoms with Crippen LogP contribution in [0, 0.1) is 5.82 Å². The van der Waals surface area contributed by atoms with Gasteiger partial charge in [-0.15, -0.1) is 0 Å². The van der Waals surface area contributed by atoms with Gasteiger partial charge in [0.1, 0.15) is 17.6 Å². The Morgan fingerprint density at radius 1 is 1.15 bits per heavy atom. The van der Waals surface area contributed by atoms with Gasteiger partial charge in [-0.25, -0.2) is 4.39 Å². The fourth-order valence-corrected chi connectivity index (χ4v) is 4.78. The number of aromatic nitrogens is 1. The summed E-state index contributed by atoms with van der Waals surface area (Å²) in [5.41, 5.74) is 0.767. The predicted octanol–water partition coefficient (Wildman–Crippen LogP) is 3.53. The molecule has 3 aromatic rings. The van der Waals surface area contributed by atoms with Crippen LogP contribution >= 0.6 is 0 Å². The van der Waals surface area contributed by atoms with Gasteiger partial charge in [-0.2, -0.15) is 0 Å². The van der Waals surface area contributed by atoms with Crippen LogP contribution in [0.3, 0.4) is 0 Å². The van der Waals surface area contributed by atoms with E-state index < -0.39 is 31.8 Å². The Morgan fingerprint density at radius 2 is 1.82 bits per heavy atom. The first kappa shape index (κ1) is 24.0. The predicted molar refractivity (Wildman–Crippen MR) is 124 cm³/mol. The monoisotopic (exact) mass is 471 g/mol. The van der Waals surface area contributed by atoms with E-state index in [0.717, 1.165) is 11.0 Å². The van der Waals surface area contributed by atoms with Gasteiger partial charge in [-0.1, -0.05) is 37.8 Å². The van der Waals surface area contributed by atoms with Crippen molar-refractivity contribution >= 4 is 30.8 Å². The highest BCUT2D eigenvalue weighted by Gasteiger charge is 2.32. The Kier molecular flexibility index (Phi) is 6.87. The summed E-state index contributed by atoms with van der Waals surface area (Å²) in [5, 5.41) is 16.1. The molecule has 174 valence electrons. The molecular formula is C23H26FN3O5Si. The van der Waals surface area contributed by atoms with Gasteiger partial charge in [0.15, 0.2) is 0 Å². The molecule has 1 heterocycles. The van der Waals surface area contributed by atoms with E-state index in [0.29, 0.717) is 16.5 Å². The number of halogens is 1. The molecule has 10 heteroatoms. The van der Waals surface area contributed by atoms with E-state index in [1.165, 1.54) is 20.2 Å². The maximum atomic E-state index is 14.7. The topological polar surface area (TPSA) is 105 Å². The number of rotatable bonds is 7. The lowest BCUT2D eigenvalue weighted by Gasteiger charge is -2.27. The number of hydrogen-bond donors (Lipinski definition) is 2. The number of nitrogens with one attached hydrogen (secondary N) is 1. The van der Waals surface area contributed by atoms with Gasteiger partial charge in [0, 0.05) is 12.7 Å². The fourth-order valence-electron chi connectivity index (χ4n) is 3.41. The first-order valence-electron chi connectivity index (χ1n) is 10.2. The standard InChI is InChI=1S/C23H26FN3O5Si/c1-27(23(30)18-13-20(28)26-32-18)21(14-6-9-16(31-2)10-7-14)22(29)25-15-8-11-19(17(24)12-15)33(3,4)5/h6-13,21H,1-5H3,(H,25,29)(H,26,28). The van der Waals surface area contributed by atoms with Crippen LogP contribution in [-0.4, -0.2) is 49.2 Å². The largest absolute Gasteiger partial charge is 0.497 e. The molecule has 33 heavy (non-hydrogen) atoms. The van der Waals surface area contributed by atoms with Crippen LogP contribution < -0.4 is 15.2 Å². The summed E-state index contributed by atoms with van der Waals surface area (Å²) in [6.07, 6.45) is 0. The summed E-state index contributed by atoms with van der Waals surface area (Å²) in [5.74, 6) is -1.70. The number of hydrogen-bond acceptors (Lipinski definition) is 6. The first-order chi connectivity index (χ1) is 15.5. The highest BCUT2D eigenvalue weighted by Crippen LogP contribution is 2.26. The summed E-state index contributed by atoms with van der Waals surface area (Å²) in [4.78, 5) is 27.3. The molecule has 0 saturated carbocycles. The van der Waals surface area contributed by atoms with Gasteiger partial charge in [-0.05, 0) is 40.2 Å². The molecule has 0 radical (unpaired) electrons. The van der Waals surface area contributed by atoms with Crippen molar-refractivity contribution < 1.29 is 28.3 Å². The van der Waals surface area contributed by atoms with E-state index in [-0.39, 0.29) is 17.3 Å². The molecule has 0 saturated heterocycles. The zero-order valence-electron chi connectivity index (χ0n) is 19.0. The normalized spacial score (nSPS) is 12.2. The number of likely N-dealkylation sites (N-methyl/N-ethyl adjacent to an activating group) is 1. The quantitative estimate of drug-likeness (QED) is 0.511. The molecule has 0 aliphatic rings. The van der Waals surface area contributed by atoms with E-state index >= 15 is 0 Å². The summed E-state index contributed by atoms with van der Waals surface area (Å²) in [6.45, 7) is 6.10. The van der Waals surface area contributed by atoms with Crippen LogP contribution in [-0.2, 0) is 4.79 Å². The van der Waals surface area contributed by atoms with Gasteiger partial charge < -0.3 is 24.6 Å². The molecule has 2 amide bonds. The van der Waals surface area contributed by atoms with E-state index in [2.05, 4.69) is 10.5 Å². The van der Waals surface area contributed by atoms with Crippen molar-refractivity contribution in [3.8, 4) is 11.6 Å². The van der Waals surface area contributed by atoms with E-state index in [9.17, 15) is 19.1 Å². The molecule has 0 aliphatic carbocycles. The number of ether oxygens (including phenoxy) is 1. The van der Waals surface area contributed by atoms with Crippen molar-refractivity contribution in [3.63, 3.8) is 0 Å². The second kappa shape index (κ2) is 9.45. The summed E-state index contributed by atoms with van der Waals surface area (Å²) in [7, 11) is 1.06. The average Bonchev–Trinajstić information content (AvgIpc) is 3.19. The number of carbonyl (C=O) groups excluding carboxylic acids is 2. The number of benzene rings is 2. The SMILES string of the molecule is COc1ccc(C(C(=O)Nc2ccc([Si](C)(C)C)c(F)c2)N(C)C(=O)c2cc(O)no2)cc1. The van der Waals surface area contributed by atoms with E-state index in [1.807, 2.05) is 19.6 Å². The van der Waals surface area contributed by atoms with Crippen molar-refractivity contribution in [2.24, 2.45) is 0 Å². The molecule has 2 aromatic carbocycles. The first-order valence-corrected chi connectivity index (χ1v) is 13.7. The molecule has 0 bridgehead atoms. The van der Waals surface area contributed by atoms with Crippen LogP contribution in [0.15, 0.2) is 53.1 Å². The molecule has 1 aromatic heterocycles. The number of amides is 2. The molecule has 2 N–H and O–H groups in total. The Hall–Kier alpha value is -3.66. The minimum Gasteiger partial charge on any atom is -0.497 e. The van der Waals surface area contributed by atoms with Gasteiger partial charge in [0.25, 0.3) is 17.7 Å². The van der Waals surface area contributed by atoms with E-state index in [1.54, 1.807) is 36.4 Å².